The first kappa shape index (κ1) is 16.9. The number of benzene rings is 1. The van der Waals surface area contributed by atoms with Crippen molar-refractivity contribution < 1.29 is 4.79 Å². The maximum Gasteiger partial charge on any atom is 0.228 e. The maximum absolute atomic E-state index is 12.5. The van der Waals surface area contributed by atoms with Gasteiger partial charge in [-0.1, -0.05) is 29.8 Å². The Balaban J connectivity index is 1.70. The third-order valence-corrected chi connectivity index (χ3v) is 4.40. The minimum Gasteiger partial charge on any atom is -0.300 e. The molecule has 1 aromatic carbocycles. The van der Waals surface area contributed by atoms with Crippen LogP contribution in [0.5, 0.6) is 0 Å². The van der Waals surface area contributed by atoms with E-state index in [1.165, 1.54) is 11.1 Å². The SMILES string of the molecule is Cc1ccc(CCC(=O)N(C)c2[nH]nc(-c3ccncc3)c2C)cc1. The highest BCUT2D eigenvalue weighted by Crippen LogP contribution is 2.27. The first-order valence-corrected chi connectivity index (χ1v) is 8.33. The Morgan fingerprint density at radius 3 is 2.44 bits per heavy atom. The lowest BCUT2D eigenvalue weighted by molar-refractivity contribution is -0.118. The number of aromatic nitrogens is 3. The number of amides is 1. The van der Waals surface area contributed by atoms with E-state index in [1.54, 1.807) is 24.3 Å². The van der Waals surface area contributed by atoms with Crippen molar-refractivity contribution in [3.05, 3.63) is 65.5 Å². The smallest absolute Gasteiger partial charge is 0.228 e. The number of nitrogens with zero attached hydrogens (tertiary/aromatic N) is 3. The second kappa shape index (κ2) is 7.30. The van der Waals surface area contributed by atoms with Crippen molar-refractivity contribution in [3.8, 4) is 11.3 Å². The van der Waals surface area contributed by atoms with Gasteiger partial charge in [0.05, 0.1) is 5.69 Å². The molecule has 1 amide bonds. The number of carbonyl (C=O) groups is 1. The van der Waals surface area contributed by atoms with Crippen molar-refractivity contribution in [2.45, 2.75) is 26.7 Å². The summed E-state index contributed by atoms with van der Waals surface area (Å²) < 4.78 is 0. The Hall–Kier alpha value is -2.95. The number of aryl methyl sites for hydroxylation is 2. The molecule has 0 aliphatic rings. The summed E-state index contributed by atoms with van der Waals surface area (Å²) in [5.41, 5.74) is 5.18. The molecule has 5 heteroatoms. The quantitative estimate of drug-likeness (QED) is 0.774. The van der Waals surface area contributed by atoms with Gasteiger partial charge in [-0.25, -0.2) is 0 Å². The molecule has 0 aliphatic carbocycles. The zero-order chi connectivity index (χ0) is 17.8. The van der Waals surface area contributed by atoms with Gasteiger partial charge in [0, 0.05) is 37.0 Å². The first-order valence-electron chi connectivity index (χ1n) is 8.33. The number of aromatic amines is 1. The lowest BCUT2D eigenvalue weighted by Crippen LogP contribution is -2.27. The van der Waals surface area contributed by atoms with Gasteiger partial charge in [0.25, 0.3) is 0 Å². The van der Waals surface area contributed by atoms with Crippen LogP contribution in [0.25, 0.3) is 11.3 Å². The van der Waals surface area contributed by atoms with Gasteiger partial charge in [-0.15, -0.1) is 0 Å². The fraction of sp³-hybridized carbons (Fsp3) is 0.250. The molecule has 0 aliphatic heterocycles. The fourth-order valence-electron chi connectivity index (χ4n) is 2.80. The van der Waals surface area contributed by atoms with Gasteiger partial charge in [-0.05, 0) is 38.0 Å². The van der Waals surface area contributed by atoms with Gasteiger partial charge in [-0.3, -0.25) is 14.9 Å². The normalized spacial score (nSPS) is 10.7. The molecule has 0 unspecified atom stereocenters. The molecule has 0 saturated heterocycles. The van der Waals surface area contributed by atoms with Crippen LogP contribution in [-0.4, -0.2) is 28.1 Å². The summed E-state index contributed by atoms with van der Waals surface area (Å²) >= 11 is 0. The third kappa shape index (κ3) is 3.76. The third-order valence-electron chi connectivity index (χ3n) is 4.40. The van der Waals surface area contributed by atoms with Crippen LogP contribution in [0.15, 0.2) is 48.8 Å². The van der Waals surface area contributed by atoms with Crippen molar-refractivity contribution in [3.63, 3.8) is 0 Å². The van der Waals surface area contributed by atoms with E-state index in [1.807, 2.05) is 19.1 Å². The second-order valence-electron chi connectivity index (χ2n) is 6.22. The number of H-pyrrole nitrogens is 1. The van der Waals surface area contributed by atoms with Crippen LogP contribution in [0.2, 0.25) is 0 Å². The summed E-state index contributed by atoms with van der Waals surface area (Å²) in [7, 11) is 1.79. The largest absolute Gasteiger partial charge is 0.300 e. The van der Waals surface area contributed by atoms with Gasteiger partial charge >= 0.3 is 0 Å². The van der Waals surface area contributed by atoms with Crippen LogP contribution in [0, 0.1) is 13.8 Å². The molecule has 1 N–H and O–H groups in total. The molecule has 0 spiro atoms. The zero-order valence-electron chi connectivity index (χ0n) is 14.8. The predicted octanol–water partition coefficient (Wildman–Crippen LogP) is 3.68. The van der Waals surface area contributed by atoms with Gasteiger partial charge in [0.2, 0.25) is 5.91 Å². The van der Waals surface area contributed by atoms with E-state index in [0.29, 0.717) is 6.42 Å². The summed E-state index contributed by atoms with van der Waals surface area (Å²) in [5, 5.41) is 7.36. The highest BCUT2D eigenvalue weighted by Gasteiger charge is 2.18. The number of rotatable bonds is 5. The average Bonchev–Trinajstić information content (AvgIpc) is 3.02. The van der Waals surface area contributed by atoms with Gasteiger partial charge in [-0.2, -0.15) is 5.10 Å². The summed E-state index contributed by atoms with van der Waals surface area (Å²) in [6.07, 6.45) is 4.66. The molecule has 0 bridgehead atoms. The summed E-state index contributed by atoms with van der Waals surface area (Å²) in [6, 6.07) is 12.1. The molecule has 0 saturated carbocycles. The van der Waals surface area contributed by atoms with E-state index in [4.69, 9.17) is 0 Å². The number of carbonyl (C=O) groups excluding carboxylic acids is 1. The molecule has 2 heterocycles. The number of hydrogen-bond donors (Lipinski definition) is 1. The Bertz CT molecular complexity index is 853. The lowest BCUT2D eigenvalue weighted by Gasteiger charge is -2.16. The molecule has 0 radical (unpaired) electrons. The van der Waals surface area contributed by atoms with Gasteiger partial charge in [0.1, 0.15) is 5.82 Å². The van der Waals surface area contributed by atoms with Crippen LogP contribution < -0.4 is 4.90 Å². The van der Waals surface area contributed by atoms with E-state index >= 15 is 0 Å². The van der Waals surface area contributed by atoms with Crippen molar-refractivity contribution in [1.29, 1.82) is 0 Å². The minimum absolute atomic E-state index is 0.0635. The summed E-state index contributed by atoms with van der Waals surface area (Å²) in [5.74, 6) is 0.800. The van der Waals surface area contributed by atoms with E-state index in [0.717, 1.165) is 29.1 Å². The van der Waals surface area contributed by atoms with Crippen LogP contribution in [0.1, 0.15) is 23.1 Å². The number of nitrogens with one attached hydrogen (secondary N) is 1. The van der Waals surface area contributed by atoms with E-state index in [-0.39, 0.29) is 5.91 Å². The molecule has 5 nitrogen and oxygen atoms in total. The van der Waals surface area contributed by atoms with E-state index in [2.05, 4.69) is 46.4 Å². The molecule has 2 aromatic heterocycles. The van der Waals surface area contributed by atoms with Crippen molar-refractivity contribution >= 4 is 11.7 Å². The first-order chi connectivity index (χ1) is 12.1. The molecular formula is C20H22N4O. The molecule has 3 rings (SSSR count). The van der Waals surface area contributed by atoms with Crippen molar-refractivity contribution in [1.82, 2.24) is 15.2 Å². The molecular weight excluding hydrogens is 312 g/mol. The molecule has 128 valence electrons. The zero-order valence-corrected chi connectivity index (χ0v) is 14.8. The Labute approximate surface area is 147 Å². The topological polar surface area (TPSA) is 61.9 Å². The Kier molecular flexibility index (Phi) is 4.93. The van der Waals surface area contributed by atoms with Crippen LogP contribution >= 0.6 is 0 Å². The summed E-state index contributed by atoms with van der Waals surface area (Å²) in [6.45, 7) is 4.03. The number of hydrogen-bond acceptors (Lipinski definition) is 3. The van der Waals surface area contributed by atoms with Gasteiger partial charge in [0.15, 0.2) is 0 Å². The molecule has 0 fully saturated rings. The fourth-order valence-corrected chi connectivity index (χ4v) is 2.80. The highest BCUT2D eigenvalue weighted by atomic mass is 16.2. The molecule has 3 aromatic rings. The van der Waals surface area contributed by atoms with Gasteiger partial charge < -0.3 is 4.90 Å². The molecule has 25 heavy (non-hydrogen) atoms. The standard InChI is InChI=1S/C20H22N4O/c1-14-4-6-16(7-5-14)8-9-18(25)24(3)20-15(2)19(22-23-20)17-10-12-21-13-11-17/h4-7,10-13H,8-9H2,1-3H3,(H,22,23). The summed E-state index contributed by atoms with van der Waals surface area (Å²) in [4.78, 5) is 18.2. The number of anilines is 1. The Morgan fingerprint density at radius 2 is 1.76 bits per heavy atom. The number of pyridine rings is 1. The van der Waals surface area contributed by atoms with Crippen molar-refractivity contribution in [2.24, 2.45) is 0 Å². The van der Waals surface area contributed by atoms with Crippen LogP contribution in [0.4, 0.5) is 5.82 Å². The average molecular weight is 334 g/mol. The highest BCUT2D eigenvalue weighted by molar-refractivity contribution is 5.93. The minimum atomic E-state index is 0.0635. The second-order valence-corrected chi connectivity index (χ2v) is 6.22. The van der Waals surface area contributed by atoms with E-state index < -0.39 is 0 Å². The van der Waals surface area contributed by atoms with Crippen LogP contribution in [-0.2, 0) is 11.2 Å². The predicted molar refractivity (Wildman–Crippen MR) is 99.5 cm³/mol. The van der Waals surface area contributed by atoms with Crippen LogP contribution in [0.3, 0.4) is 0 Å². The maximum atomic E-state index is 12.5. The Morgan fingerprint density at radius 1 is 1.08 bits per heavy atom. The monoisotopic (exact) mass is 334 g/mol. The van der Waals surface area contributed by atoms with E-state index in [9.17, 15) is 4.79 Å². The lowest BCUT2D eigenvalue weighted by atomic mass is 10.1. The van der Waals surface area contributed by atoms with Crippen molar-refractivity contribution in [2.75, 3.05) is 11.9 Å². The molecule has 0 atom stereocenters.